The van der Waals surface area contributed by atoms with Crippen LogP contribution in [0.3, 0.4) is 0 Å². The molecule has 88 valence electrons. The molecule has 1 aliphatic rings. The van der Waals surface area contributed by atoms with Gasteiger partial charge in [0.25, 0.3) is 0 Å². The molecule has 0 saturated heterocycles. The van der Waals surface area contributed by atoms with E-state index in [2.05, 4.69) is 27.5 Å². The Morgan fingerprint density at radius 3 is 2.76 bits per heavy atom. The molecular formula is C13H16N4. The molecule has 1 N–H and O–H groups in total. The molecule has 4 nitrogen and oxygen atoms in total. The van der Waals surface area contributed by atoms with Crippen molar-refractivity contribution in [2.75, 3.05) is 0 Å². The van der Waals surface area contributed by atoms with E-state index in [1.807, 2.05) is 29.9 Å². The maximum atomic E-state index is 4.57. The van der Waals surface area contributed by atoms with Crippen LogP contribution in [0.5, 0.6) is 0 Å². The normalized spacial score (nSPS) is 15.1. The molecule has 1 heterocycles. The topological polar surface area (TPSA) is 42.7 Å². The molecule has 3 rings (SSSR count). The minimum absolute atomic E-state index is 0.694. The zero-order valence-corrected chi connectivity index (χ0v) is 9.93. The summed E-state index contributed by atoms with van der Waals surface area (Å²) in [6, 6.07) is 10.9. The molecule has 0 aliphatic heterocycles. The lowest BCUT2D eigenvalue weighted by Gasteiger charge is -1.97. The minimum atomic E-state index is 0.694. The molecule has 2 aromatic rings. The second-order valence-electron chi connectivity index (χ2n) is 4.50. The molecule has 1 fully saturated rings. The Morgan fingerprint density at radius 1 is 1.29 bits per heavy atom. The molecule has 0 atom stereocenters. The number of benzene rings is 1. The van der Waals surface area contributed by atoms with Gasteiger partial charge in [-0.2, -0.15) is 5.10 Å². The van der Waals surface area contributed by atoms with Gasteiger partial charge in [0.15, 0.2) is 11.6 Å². The van der Waals surface area contributed by atoms with Gasteiger partial charge in [-0.15, -0.1) is 0 Å². The maximum absolute atomic E-state index is 4.57. The first-order valence-corrected chi connectivity index (χ1v) is 6.01. The molecule has 0 bridgehead atoms. The van der Waals surface area contributed by atoms with Crippen LogP contribution in [0.1, 0.15) is 18.7 Å². The van der Waals surface area contributed by atoms with Gasteiger partial charge in [0.1, 0.15) is 0 Å². The third-order valence-electron chi connectivity index (χ3n) is 2.97. The summed E-state index contributed by atoms with van der Waals surface area (Å²) in [5.74, 6) is 1.80. The summed E-state index contributed by atoms with van der Waals surface area (Å²) in [4.78, 5) is 4.57. The van der Waals surface area contributed by atoms with E-state index in [4.69, 9.17) is 0 Å². The van der Waals surface area contributed by atoms with Crippen LogP contribution in [0.4, 0.5) is 0 Å². The Kier molecular flexibility index (Phi) is 2.65. The molecule has 4 heteroatoms. The first-order chi connectivity index (χ1) is 8.33. The number of aromatic nitrogens is 3. The van der Waals surface area contributed by atoms with Crippen LogP contribution < -0.4 is 5.32 Å². The highest BCUT2D eigenvalue weighted by Gasteiger charge is 2.21. The van der Waals surface area contributed by atoms with Crippen LogP contribution in [-0.2, 0) is 13.6 Å². The van der Waals surface area contributed by atoms with Gasteiger partial charge in [-0.05, 0) is 12.8 Å². The van der Waals surface area contributed by atoms with Gasteiger partial charge in [0.05, 0.1) is 6.54 Å². The molecule has 0 radical (unpaired) electrons. The van der Waals surface area contributed by atoms with Crippen molar-refractivity contribution in [3.8, 4) is 11.4 Å². The number of aryl methyl sites for hydroxylation is 1. The lowest BCUT2D eigenvalue weighted by atomic mass is 10.2. The lowest BCUT2D eigenvalue weighted by Crippen LogP contribution is -2.16. The van der Waals surface area contributed by atoms with E-state index < -0.39 is 0 Å². The van der Waals surface area contributed by atoms with Gasteiger partial charge in [-0.3, -0.25) is 0 Å². The van der Waals surface area contributed by atoms with E-state index in [0.29, 0.717) is 6.04 Å². The van der Waals surface area contributed by atoms with E-state index in [1.54, 1.807) is 0 Å². The van der Waals surface area contributed by atoms with Crippen molar-refractivity contribution < 1.29 is 0 Å². The van der Waals surface area contributed by atoms with Gasteiger partial charge in [-0.1, -0.05) is 30.3 Å². The first-order valence-electron chi connectivity index (χ1n) is 6.01. The average Bonchev–Trinajstić information content (AvgIpc) is 3.11. The average molecular weight is 228 g/mol. The molecule has 0 spiro atoms. The molecule has 0 amide bonds. The van der Waals surface area contributed by atoms with Gasteiger partial charge < -0.3 is 5.32 Å². The summed E-state index contributed by atoms with van der Waals surface area (Å²) < 4.78 is 1.85. The highest BCUT2D eigenvalue weighted by Crippen LogP contribution is 2.19. The van der Waals surface area contributed by atoms with Gasteiger partial charge in [0.2, 0.25) is 0 Å². The highest BCUT2D eigenvalue weighted by molar-refractivity contribution is 5.54. The predicted octanol–water partition coefficient (Wildman–Crippen LogP) is 1.73. The largest absolute Gasteiger partial charge is 0.307 e. The van der Waals surface area contributed by atoms with Crippen molar-refractivity contribution in [2.45, 2.75) is 25.4 Å². The Morgan fingerprint density at radius 2 is 2.06 bits per heavy atom. The Balaban J connectivity index is 1.80. The monoisotopic (exact) mass is 228 g/mol. The van der Waals surface area contributed by atoms with Crippen LogP contribution in [0.2, 0.25) is 0 Å². The molecule has 17 heavy (non-hydrogen) atoms. The number of nitrogens with zero attached hydrogens (tertiary/aromatic N) is 3. The number of hydrogen-bond acceptors (Lipinski definition) is 3. The van der Waals surface area contributed by atoms with E-state index in [0.717, 1.165) is 23.8 Å². The molecule has 1 aromatic carbocycles. The van der Waals surface area contributed by atoms with Gasteiger partial charge in [0, 0.05) is 18.7 Å². The van der Waals surface area contributed by atoms with Crippen LogP contribution >= 0.6 is 0 Å². The van der Waals surface area contributed by atoms with Crippen molar-refractivity contribution in [1.82, 2.24) is 20.1 Å². The van der Waals surface area contributed by atoms with Crippen LogP contribution in [-0.4, -0.2) is 20.8 Å². The van der Waals surface area contributed by atoms with Crippen molar-refractivity contribution in [3.63, 3.8) is 0 Å². The Hall–Kier alpha value is -1.68. The molecule has 0 unspecified atom stereocenters. The van der Waals surface area contributed by atoms with Crippen LogP contribution in [0, 0.1) is 0 Å². The maximum Gasteiger partial charge on any atom is 0.165 e. The third kappa shape index (κ3) is 2.36. The summed E-state index contributed by atoms with van der Waals surface area (Å²) in [6.45, 7) is 0.769. The summed E-state index contributed by atoms with van der Waals surface area (Å²) in [5.41, 5.74) is 1.11. The fraction of sp³-hybridized carbons (Fsp3) is 0.385. The molecule has 1 saturated carbocycles. The number of rotatable bonds is 4. The van der Waals surface area contributed by atoms with Crippen LogP contribution in [0.15, 0.2) is 30.3 Å². The molecule has 1 aromatic heterocycles. The van der Waals surface area contributed by atoms with E-state index in [1.165, 1.54) is 12.8 Å². The molecular weight excluding hydrogens is 212 g/mol. The standard InChI is InChI=1S/C13H16N4/c1-17-13(10-5-3-2-4-6-10)15-12(16-17)9-14-11-7-8-11/h2-6,11,14H,7-9H2,1H3. The fourth-order valence-corrected chi connectivity index (χ4v) is 1.87. The van der Waals surface area contributed by atoms with Crippen molar-refractivity contribution >= 4 is 0 Å². The second kappa shape index (κ2) is 4.30. The summed E-state index contributed by atoms with van der Waals surface area (Å²) >= 11 is 0. The smallest absolute Gasteiger partial charge is 0.165 e. The van der Waals surface area contributed by atoms with Gasteiger partial charge >= 0.3 is 0 Å². The fourth-order valence-electron chi connectivity index (χ4n) is 1.87. The zero-order valence-electron chi connectivity index (χ0n) is 9.93. The quantitative estimate of drug-likeness (QED) is 0.866. The SMILES string of the molecule is Cn1nc(CNC2CC2)nc1-c1ccccc1. The zero-order chi connectivity index (χ0) is 11.7. The van der Waals surface area contributed by atoms with Gasteiger partial charge in [-0.25, -0.2) is 9.67 Å². The van der Waals surface area contributed by atoms with E-state index in [9.17, 15) is 0 Å². The van der Waals surface area contributed by atoms with E-state index in [-0.39, 0.29) is 0 Å². The molecule has 1 aliphatic carbocycles. The summed E-state index contributed by atoms with van der Waals surface area (Å²) in [6.07, 6.45) is 2.58. The first kappa shape index (κ1) is 10.5. The number of nitrogens with one attached hydrogen (secondary N) is 1. The Bertz CT molecular complexity index is 499. The van der Waals surface area contributed by atoms with Crippen molar-refractivity contribution in [2.24, 2.45) is 7.05 Å². The predicted molar refractivity (Wildman–Crippen MR) is 66.3 cm³/mol. The second-order valence-corrected chi connectivity index (χ2v) is 4.50. The summed E-state index contributed by atoms with van der Waals surface area (Å²) in [7, 11) is 1.94. The lowest BCUT2D eigenvalue weighted by molar-refractivity contribution is 0.646. The minimum Gasteiger partial charge on any atom is -0.307 e. The number of hydrogen-bond donors (Lipinski definition) is 1. The van der Waals surface area contributed by atoms with Crippen LogP contribution in [0.25, 0.3) is 11.4 Å². The third-order valence-corrected chi connectivity index (χ3v) is 2.97. The van der Waals surface area contributed by atoms with E-state index >= 15 is 0 Å². The summed E-state index contributed by atoms with van der Waals surface area (Å²) in [5, 5.41) is 7.86. The highest BCUT2D eigenvalue weighted by atomic mass is 15.3. The Labute approximate surface area is 101 Å². The van der Waals surface area contributed by atoms with Crippen molar-refractivity contribution in [1.29, 1.82) is 0 Å². The van der Waals surface area contributed by atoms with Crippen molar-refractivity contribution in [3.05, 3.63) is 36.2 Å².